The Bertz CT molecular complexity index is 334. The summed E-state index contributed by atoms with van der Waals surface area (Å²) >= 11 is 11.7. The summed E-state index contributed by atoms with van der Waals surface area (Å²) in [6.07, 6.45) is 2.97. The molecule has 2 N–H and O–H groups in total. The van der Waals surface area contributed by atoms with Crippen molar-refractivity contribution in [1.82, 2.24) is 9.78 Å². The minimum absolute atomic E-state index is 0.119. The van der Waals surface area contributed by atoms with Crippen molar-refractivity contribution in [2.24, 2.45) is 0 Å². The standard InChI is InChI=1S/C8H11Cl2N3O/c9-7-6(11)8(10)13(12-7)5-3-1-2-4-14-5/h5H,1-4,11H2. The van der Waals surface area contributed by atoms with Crippen molar-refractivity contribution in [2.45, 2.75) is 25.5 Å². The molecule has 6 heteroatoms. The van der Waals surface area contributed by atoms with Crippen molar-refractivity contribution in [2.75, 3.05) is 12.3 Å². The lowest BCUT2D eigenvalue weighted by Gasteiger charge is -2.23. The number of halogens is 2. The second kappa shape index (κ2) is 3.96. The summed E-state index contributed by atoms with van der Waals surface area (Å²) < 4.78 is 7.07. The van der Waals surface area contributed by atoms with Gasteiger partial charge in [-0.25, -0.2) is 4.68 Å². The van der Waals surface area contributed by atoms with Gasteiger partial charge in [-0.2, -0.15) is 5.10 Å². The van der Waals surface area contributed by atoms with Crippen LogP contribution in [0.1, 0.15) is 25.5 Å². The van der Waals surface area contributed by atoms with Gasteiger partial charge < -0.3 is 10.5 Å². The summed E-state index contributed by atoms with van der Waals surface area (Å²) in [5.41, 5.74) is 5.93. The molecular weight excluding hydrogens is 225 g/mol. The number of hydrogen-bond acceptors (Lipinski definition) is 3. The SMILES string of the molecule is Nc1c(Cl)nn(C2CCCCO2)c1Cl. The number of aromatic nitrogens is 2. The number of nitrogen functional groups attached to an aromatic ring is 1. The fourth-order valence-corrected chi connectivity index (χ4v) is 1.96. The molecule has 1 aliphatic rings. The first-order valence-electron chi connectivity index (χ1n) is 4.50. The Kier molecular flexibility index (Phi) is 2.85. The van der Waals surface area contributed by atoms with Gasteiger partial charge in [-0.15, -0.1) is 0 Å². The van der Waals surface area contributed by atoms with E-state index in [1.807, 2.05) is 0 Å². The Morgan fingerprint density at radius 2 is 2.21 bits per heavy atom. The average Bonchev–Trinajstić information content (AvgIpc) is 2.47. The summed E-state index contributed by atoms with van der Waals surface area (Å²) in [6, 6.07) is 0. The first-order chi connectivity index (χ1) is 6.70. The number of anilines is 1. The van der Waals surface area contributed by atoms with E-state index in [1.165, 1.54) is 0 Å². The Labute approximate surface area is 91.9 Å². The Balaban J connectivity index is 2.26. The molecule has 1 aromatic heterocycles. The van der Waals surface area contributed by atoms with Crippen molar-refractivity contribution in [3.05, 3.63) is 10.3 Å². The molecule has 0 amide bonds. The van der Waals surface area contributed by atoms with Crippen LogP contribution in [-0.4, -0.2) is 16.4 Å². The topological polar surface area (TPSA) is 53.1 Å². The fourth-order valence-electron chi connectivity index (χ4n) is 1.51. The summed E-state index contributed by atoms with van der Waals surface area (Å²) in [7, 11) is 0. The molecule has 0 radical (unpaired) electrons. The van der Waals surface area contributed by atoms with Crippen molar-refractivity contribution in [1.29, 1.82) is 0 Å². The van der Waals surface area contributed by atoms with Gasteiger partial charge in [0.2, 0.25) is 0 Å². The molecule has 1 aromatic rings. The van der Waals surface area contributed by atoms with E-state index in [9.17, 15) is 0 Å². The van der Waals surface area contributed by atoms with Crippen LogP contribution in [0.5, 0.6) is 0 Å². The van der Waals surface area contributed by atoms with Crippen LogP contribution in [0, 0.1) is 0 Å². The van der Waals surface area contributed by atoms with Crippen molar-refractivity contribution in [3.63, 3.8) is 0 Å². The molecule has 0 aliphatic carbocycles. The third kappa shape index (κ3) is 1.69. The summed E-state index contributed by atoms with van der Waals surface area (Å²) in [5, 5.41) is 4.64. The average molecular weight is 236 g/mol. The molecule has 2 rings (SSSR count). The van der Waals surface area contributed by atoms with Gasteiger partial charge in [-0.05, 0) is 19.3 Å². The summed E-state index contributed by atoms with van der Waals surface area (Å²) in [6.45, 7) is 0.735. The smallest absolute Gasteiger partial charge is 0.175 e. The normalized spacial score (nSPS) is 22.6. The molecule has 78 valence electrons. The van der Waals surface area contributed by atoms with E-state index >= 15 is 0 Å². The number of rotatable bonds is 1. The van der Waals surface area contributed by atoms with Gasteiger partial charge in [0.15, 0.2) is 16.5 Å². The largest absolute Gasteiger partial charge is 0.394 e. The zero-order valence-electron chi connectivity index (χ0n) is 7.54. The van der Waals surface area contributed by atoms with Crippen LogP contribution in [0.25, 0.3) is 0 Å². The Hall–Kier alpha value is -0.450. The third-order valence-corrected chi connectivity index (χ3v) is 2.93. The van der Waals surface area contributed by atoms with Crippen molar-refractivity contribution >= 4 is 28.9 Å². The number of nitrogens with zero attached hydrogens (tertiary/aromatic N) is 2. The zero-order chi connectivity index (χ0) is 10.1. The second-order valence-electron chi connectivity index (χ2n) is 3.26. The highest BCUT2D eigenvalue weighted by molar-refractivity contribution is 6.37. The highest BCUT2D eigenvalue weighted by Crippen LogP contribution is 2.32. The highest BCUT2D eigenvalue weighted by atomic mass is 35.5. The minimum Gasteiger partial charge on any atom is -0.394 e. The van der Waals surface area contributed by atoms with Crippen LogP contribution in [0.3, 0.4) is 0 Å². The second-order valence-corrected chi connectivity index (χ2v) is 3.98. The molecule has 0 spiro atoms. The van der Waals surface area contributed by atoms with E-state index in [4.69, 9.17) is 33.7 Å². The maximum absolute atomic E-state index is 5.96. The third-order valence-electron chi connectivity index (χ3n) is 2.27. The number of ether oxygens (including phenoxy) is 1. The predicted molar refractivity (Wildman–Crippen MR) is 55.5 cm³/mol. The molecule has 1 fully saturated rings. The maximum atomic E-state index is 5.96. The van der Waals surface area contributed by atoms with E-state index in [2.05, 4.69) is 5.10 Å². The molecule has 1 unspecified atom stereocenters. The number of nitrogens with two attached hydrogens (primary N) is 1. The van der Waals surface area contributed by atoms with Gasteiger partial charge in [0, 0.05) is 6.61 Å². The first kappa shape index (κ1) is 10.1. The Morgan fingerprint density at radius 1 is 1.43 bits per heavy atom. The number of hydrogen-bond donors (Lipinski definition) is 1. The quantitative estimate of drug-likeness (QED) is 0.814. The van der Waals surface area contributed by atoms with Gasteiger partial charge >= 0.3 is 0 Å². The molecular formula is C8H11Cl2N3O. The van der Waals surface area contributed by atoms with E-state index < -0.39 is 0 Å². The molecule has 14 heavy (non-hydrogen) atoms. The lowest BCUT2D eigenvalue weighted by atomic mass is 10.2. The van der Waals surface area contributed by atoms with E-state index in [1.54, 1.807) is 4.68 Å². The molecule has 2 heterocycles. The van der Waals surface area contributed by atoms with Gasteiger partial charge in [-0.1, -0.05) is 23.2 Å². The Morgan fingerprint density at radius 3 is 2.71 bits per heavy atom. The van der Waals surface area contributed by atoms with Gasteiger partial charge in [0.05, 0.1) is 0 Å². The monoisotopic (exact) mass is 235 g/mol. The molecule has 1 saturated heterocycles. The zero-order valence-corrected chi connectivity index (χ0v) is 9.05. The van der Waals surface area contributed by atoms with E-state index in [-0.39, 0.29) is 11.4 Å². The lowest BCUT2D eigenvalue weighted by Crippen LogP contribution is -2.19. The van der Waals surface area contributed by atoms with Crippen LogP contribution < -0.4 is 5.73 Å². The van der Waals surface area contributed by atoms with Crippen LogP contribution in [-0.2, 0) is 4.74 Å². The predicted octanol–water partition coefficient (Wildman–Crippen LogP) is 2.47. The molecule has 1 atom stereocenters. The molecule has 0 aromatic carbocycles. The van der Waals surface area contributed by atoms with Crippen molar-refractivity contribution in [3.8, 4) is 0 Å². The van der Waals surface area contributed by atoms with Gasteiger partial charge in [0.25, 0.3) is 0 Å². The molecule has 0 saturated carbocycles. The van der Waals surface area contributed by atoms with Crippen LogP contribution in [0.4, 0.5) is 5.69 Å². The summed E-state index contributed by atoms with van der Waals surface area (Å²) in [4.78, 5) is 0. The first-order valence-corrected chi connectivity index (χ1v) is 5.26. The van der Waals surface area contributed by atoms with Gasteiger partial charge in [-0.3, -0.25) is 0 Å². The molecule has 4 nitrogen and oxygen atoms in total. The highest BCUT2D eigenvalue weighted by Gasteiger charge is 2.22. The lowest BCUT2D eigenvalue weighted by molar-refractivity contribution is -0.0392. The van der Waals surface area contributed by atoms with Crippen molar-refractivity contribution < 1.29 is 4.74 Å². The summed E-state index contributed by atoms with van der Waals surface area (Å²) in [5.74, 6) is 0. The minimum atomic E-state index is -0.119. The molecule has 1 aliphatic heterocycles. The van der Waals surface area contributed by atoms with Crippen LogP contribution in [0.2, 0.25) is 10.3 Å². The van der Waals surface area contributed by atoms with Gasteiger partial charge in [0.1, 0.15) is 5.69 Å². The van der Waals surface area contributed by atoms with Crippen LogP contribution in [0.15, 0.2) is 0 Å². The van der Waals surface area contributed by atoms with E-state index in [0.717, 1.165) is 25.9 Å². The fraction of sp³-hybridized carbons (Fsp3) is 0.625. The van der Waals surface area contributed by atoms with Crippen LogP contribution >= 0.6 is 23.2 Å². The maximum Gasteiger partial charge on any atom is 0.175 e. The molecule has 0 bridgehead atoms. The van der Waals surface area contributed by atoms with E-state index in [0.29, 0.717) is 10.8 Å².